The van der Waals surface area contributed by atoms with Crippen LogP contribution in [0.15, 0.2) is 0 Å². The first kappa shape index (κ1) is 11.5. The Labute approximate surface area is 84.2 Å². The third-order valence-corrected chi connectivity index (χ3v) is 3.90. The molecular weight excluding hydrogens is 204 g/mol. The van der Waals surface area contributed by atoms with Crippen LogP contribution in [0.4, 0.5) is 0 Å². The Morgan fingerprint density at radius 2 is 2.21 bits per heavy atom. The van der Waals surface area contributed by atoms with Crippen LogP contribution in [0, 0.1) is 0 Å². The topological polar surface area (TPSA) is 75.3 Å². The summed E-state index contributed by atoms with van der Waals surface area (Å²) in [4.78, 5) is 11.2. The molecule has 0 unspecified atom stereocenters. The summed E-state index contributed by atoms with van der Waals surface area (Å²) >= 11 is 0. The van der Waals surface area contributed by atoms with Crippen LogP contribution in [0.3, 0.4) is 0 Å². The van der Waals surface area contributed by atoms with Crippen molar-refractivity contribution in [2.45, 2.75) is 19.4 Å². The van der Waals surface area contributed by atoms with Crippen LogP contribution < -0.4 is 10.6 Å². The van der Waals surface area contributed by atoms with E-state index in [1.165, 1.54) is 0 Å². The summed E-state index contributed by atoms with van der Waals surface area (Å²) in [5.41, 5.74) is 0. The van der Waals surface area contributed by atoms with Gasteiger partial charge in [-0.2, -0.15) is 0 Å². The smallest absolute Gasteiger partial charge is 0.234 e. The van der Waals surface area contributed by atoms with E-state index in [2.05, 4.69) is 10.6 Å². The van der Waals surface area contributed by atoms with Crippen molar-refractivity contribution in [1.82, 2.24) is 10.6 Å². The summed E-state index contributed by atoms with van der Waals surface area (Å²) in [6, 6.07) is -0.189. The lowest BCUT2D eigenvalue weighted by atomic mass is 10.2. The minimum Gasteiger partial charge on any atom is -0.351 e. The number of nitrogens with one attached hydrogen (secondary N) is 2. The molecular formula is C8H16N2O3S. The third-order valence-electron chi connectivity index (χ3n) is 2.13. The highest BCUT2D eigenvalue weighted by atomic mass is 32.2. The van der Waals surface area contributed by atoms with Gasteiger partial charge < -0.3 is 10.6 Å². The number of hydrogen-bond acceptors (Lipinski definition) is 4. The monoisotopic (exact) mass is 220 g/mol. The standard InChI is InChI=1S/C8H16N2O3S/c1-2-9-5-8(11)10-7-3-4-14(12,13)6-7/h7,9H,2-6H2,1H3,(H,10,11)/t7-/m1/s1. The van der Waals surface area contributed by atoms with E-state index >= 15 is 0 Å². The van der Waals surface area contributed by atoms with Gasteiger partial charge in [0.05, 0.1) is 18.1 Å². The summed E-state index contributed by atoms with van der Waals surface area (Å²) in [6.45, 7) is 2.90. The maximum Gasteiger partial charge on any atom is 0.234 e. The molecule has 0 spiro atoms. The van der Waals surface area contributed by atoms with Crippen molar-refractivity contribution in [3.63, 3.8) is 0 Å². The van der Waals surface area contributed by atoms with E-state index in [1.807, 2.05) is 6.92 Å². The van der Waals surface area contributed by atoms with E-state index in [0.717, 1.165) is 6.54 Å². The van der Waals surface area contributed by atoms with Gasteiger partial charge in [-0.15, -0.1) is 0 Å². The van der Waals surface area contributed by atoms with E-state index < -0.39 is 9.84 Å². The summed E-state index contributed by atoms with van der Waals surface area (Å²) in [5.74, 6) is 0.151. The van der Waals surface area contributed by atoms with Crippen LogP contribution in [-0.4, -0.2) is 45.0 Å². The highest BCUT2D eigenvalue weighted by Gasteiger charge is 2.28. The number of carbonyl (C=O) groups excluding carboxylic acids is 1. The average molecular weight is 220 g/mol. The maximum atomic E-state index is 11.2. The lowest BCUT2D eigenvalue weighted by molar-refractivity contribution is -0.120. The number of hydrogen-bond donors (Lipinski definition) is 2. The Morgan fingerprint density at radius 3 is 2.71 bits per heavy atom. The number of amides is 1. The molecule has 0 aromatic carbocycles. The molecule has 82 valence electrons. The van der Waals surface area contributed by atoms with E-state index in [4.69, 9.17) is 0 Å². The molecule has 2 N–H and O–H groups in total. The van der Waals surface area contributed by atoms with Gasteiger partial charge in [0.25, 0.3) is 0 Å². The van der Waals surface area contributed by atoms with Crippen molar-refractivity contribution in [2.24, 2.45) is 0 Å². The fourth-order valence-corrected chi connectivity index (χ4v) is 3.10. The largest absolute Gasteiger partial charge is 0.351 e. The van der Waals surface area contributed by atoms with Crippen molar-refractivity contribution < 1.29 is 13.2 Å². The molecule has 0 aromatic rings. The van der Waals surface area contributed by atoms with Gasteiger partial charge in [0.1, 0.15) is 0 Å². The molecule has 1 heterocycles. The zero-order chi connectivity index (χ0) is 10.6. The first-order valence-electron chi connectivity index (χ1n) is 4.74. The molecule has 1 aliphatic rings. The molecule has 1 rings (SSSR count). The van der Waals surface area contributed by atoms with Gasteiger partial charge in [-0.05, 0) is 13.0 Å². The van der Waals surface area contributed by atoms with Crippen molar-refractivity contribution in [3.05, 3.63) is 0 Å². The van der Waals surface area contributed by atoms with Crippen molar-refractivity contribution in [2.75, 3.05) is 24.6 Å². The van der Waals surface area contributed by atoms with Crippen LogP contribution >= 0.6 is 0 Å². The summed E-state index contributed by atoms with van der Waals surface area (Å²) in [7, 11) is -2.90. The zero-order valence-corrected chi connectivity index (χ0v) is 9.06. The van der Waals surface area contributed by atoms with Gasteiger partial charge in [-0.1, -0.05) is 6.92 Å². The molecule has 6 heteroatoms. The molecule has 0 saturated carbocycles. The van der Waals surface area contributed by atoms with E-state index in [0.29, 0.717) is 6.42 Å². The maximum absolute atomic E-state index is 11.2. The molecule has 1 amide bonds. The molecule has 14 heavy (non-hydrogen) atoms. The van der Waals surface area contributed by atoms with Gasteiger partial charge in [-0.25, -0.2) is 8.42 Å². The van der Waals surface area contributed by atoms with E-state index in [-0.39, 0.29) is 30.0 Å². The second-order valence-electron chi connectivity index (χ2n) is 3.45. The lowest BCUT2D eigenvalue weighted by Gasteiger charge is -2.10. The van der Waals surface area contributed by atoms with Crippen LogP contribution in [0.2, 0.25) is 0 Å². The van der Waals surface area contributed by atoms with Gasteiger partial charge in [0, 0.05) is 6.04 Å². The minimum atomic E-state index is -2.90. The zero-order valence-electron chi connectivity index (χ0n) is 8.25. The molecule has 1 aliphatic heterocycles. The van der Waals surface area contributed by atoms with Gasteiger partial charge >= 0.3 is 0 Å². The van der Waals surface area contributed by atoms with E-state index in [9.17, 15) is 13.2 Å². The average Bonchev–Trinajstić information content (AvgIpc) is 2.42. The van der Waals surface area contributed by atoms with Gasteiger partial charge in [-0.3, -0.25) is 4.79 Å². The number of likely N-dealkylation sites (N-methyl/N-ethyl adjacent to an activating group) is 1. The molecule has 1 atom stereocenters. The van der Waals surface area contributed by atoms with E-state index in [1.54, 1.807) is 0 Å². The first-order valence-corrected chi connectivity index (χ1v) is 6.56. The predicted molar refractivity (Wildman–Crippen MR) is 53.7 cm³/mol. The van der Waals surface area contributed by atoms with Crippen LogP contribution in [0.25, 0.3) is 0 Å². The first-order chi connectivity index (χ1) is 6.53. The predicted octanol–water partition coefficient (Wildman–Crippen LogP) is -1.10. The Kier molecular flexibility index (Phi) is 3.88. The number of carbonyl (C=O) groups is 1. The molecule has 0 bridgehead atoms. The second kappa shape index (κ2) is 4.75. The Hall–Kier alpha value is -0.620. The Balaban J connectivity index is 2.29. The van der Waals surface area contributed by atoms with Crippen LogP contribution in [0.1, 0.15) is 13.3 Å². The molecule has 0 radical (unpaired) electrons. The second-order valence-corrected chi connectivity index (χ2v) is 5.68. The third kappa shape index (κ3) is 3.63. The Morgan fingerprint density at radius 1 is 1.50 bits per heavy atom. The SMILES string of the molecule is CCNCC(=O)N[C@@H]1CCS(=O)(=O)C1. The fraction of sp³-hybridized carbons (Fsp3) is 0.875. The highest BCUT2D eigenvalue weighted by Crippen LogP contribution is 2.10. The van der Waals surface area contributed by atoms with Crippen molar-refractivity contribution in [3.8, 4) is 0 Å². The molecule has 1 fully saturated rings. The normalized spacial score (nSPS) is 24.8. The molecule has 0 aliphatic carbocycles. The van der Waals surface area contributed by atoms with Gasteiger partial charge in [0.15, 0.2) is 9.84 Å². The summed E-state index contributed by atoms with van der Waals surface area (Å²) < 4.78 is 22.1. The van der Waals surface area contributed by atoms with Gasteiger partial charge in [0.2, 0.25) is 5.91 Å². The summed E-state index contributed by atoms with van der Waals surface area (Å²) in [6.07, 6.45) is 0.542. The molecule has 5 nitrogen and oxygen atoms in total. The van der Waals surface area contributed by atoms with Crippen molar-refractivity contribution in [1.29, 1.82) is 0 Å². The minimum absolute atomic E-state index is 0.0882. The number of sulfone groups is 1. The Bertz CT molecular complexity index is 300. The highest BCUT2D eigenvalue weighted by molar-refractivity contribution is 7.91. The van der Waals surface area contributed by atoms with Crippen molar-refractivity contribution >= 4 is 15.7 Å². The molecule has 1 saturated heterocycles. The van der Waals surface area contributed by atoms with Crippen LogP contribution in [-0.2, 0) is 14.6 Å². The van der Waals surface area contributed by atoms with Crippen LogP contribution in [0.5, 0.6) is 0 Å². The number of rotatable bonds is 4. The lowest BCUT2D eigenvalue weighted by Crippen LogP contribution is -2.40. The molecule has 0 aromatic heterocycles. The quantitative estimate of drug-likeness (QED) is 0.630. The summed E-state index contributed by atoms with van der Waals surface area (Å²) in [5, 5.41) is 5.57. The fourth-order valence-electron chi connectivity index (χ4n) is 1.43.